The summed E-state index contributed by atoms with van der Waals surface area (Å²) in [7, 11) is 0. The van der Waals surface area contributed by atoms with Crippen molar-refractivity contribution < 1.29 is 14.3 Å². The van der Waals surface area contributed by atoms with Gasteiger partial charge in [-0.25, -0.2) is 4.79 Å². The van der Waals surface area contributed by atoms with E-state index in [0.717, 1.165) is 31.0 Å². The third kappa shape index (κ3) is 2.93. The predicted octanol–water partition coefficient (Wildman–Crippen LogP) is 2.76. The average Bonchev–Trinajstić information content (AvgIpc) is 2.59. The van der Waals surface area contributed by atoms with E-state index >= 15 is 0 Å². The van der Waals surface area contributed by atoms with Crippen molar-refractivity contribution in [2.75, 3.05) is 13.1 Å². The van der Waals surface area contributed by atoms with E-state index in [9.17, 15) is 4.79 Å². The summed E-state index contributed by atoms with van der Waals surface area (Å²) in [6.07, 6.45) is 1.28. The first kappa shape index (κ1) is 13.1. The summed E-state index contributed by atoms with van der Waals surface area (Å²) in [6, 6.07) is 1.65. The van der Waals surface area contributed by atoms with Crippen LogP contribution in [0.2, 0.25) is 0 Å². The van der Waals surface area contributed by atoms with Crippen molar-refractivity contribution in [1.82, 2.24) is 4.90 Å². The van der Waals surface area contributed by atoms with Crippen LogP contribution < -0.4 is 0 Å². The van der Waals surface area contributed by atoms with Crippen LogP contribution in [-0.4, -0.2) is 29.1 Å². The molecule has 100 valence electrons. The van der Waals surface area contributed by atoms with E-state index in [0.29, 0.717) is 11.8 Å². The molecule has 1 saturated heterocycles. The van der Waals surface area contributed by atoms with E-state index in [-0.39, 0.29) is 5.76 Å². The number of hydrogen-bond donors (Lipinski definition) is 1. The molecule has 0 saturated carbocycles. The molecule has 1 aromatic rings. The van der Waals surface area contributed by atoms with Gasteiger partial charge in [0.05, 0.1) is 0 Å². The van der Waals surface area contributed by atoms with E-state index < -0.39 is 5.97 Å². The van der Waals surface area contributed by atoms with Gasteiger partial charge < -0.3 is 9.52 Å². The molecule has 0 bridgehead atoms. The molecule has 2 rings (SSSR count). The molecule has 4 heteroatoms. The van der Waals surface area contributed by atoms with Crippen LogP contribution in [0.3, 0.4) is 0 Å². The summed E-state index contributed by atoms with van der Waals surface area (Å²) < 4.78 is 5.25. The maximum Gasteiger partial charge on any atom is 0.371 e. The number of carboxylic acids is 1. The molecule has 0 aliphatic carbocycles. The number of rotatable bonds is 3. The highest BCUT2D eigenvalue weighted by Gasteiger charge is 2.23. The number of likely N-dealkylation sites (tertiary alicyclic amines) is 1. The van der Waals surface area contributed by atoms with Crippen molar-refractivity contribution >= 4 is 5.97 Å². The van der Waals surface area contributed by atoms with Gasteiger partial charge in [0.1, 0.15) is 5.76 Å². The molecule has 18 heavy (non-hydrogen) atoms. The first-order valence-electron chi connectivity index (χ1n) is 6.50. The Morgan fingerprint density at radius 2 is 2.06 bits per heavy atom. The van der Waals surface area contributed by atoms with Gasteiger partial charge in [-0.05, 0) is 31.2 Å². The van der Waals surface area contributed by atoms with Crippen molar-refractivity contribution in [1.29, 1.82) is 0 Å². The molecule has 2 atom stereocenters. The lowest BCUT2D eigenvalue weighted by molar-refractivity contribution is 0.0661. The summed E-state index contributed by atoms with van der Waals surface area (Å²) >= 11 is 0. The van der Waals surface area contributed by atoms with Crippen LogP contribution in [0.25, 0.3) is 0 Å². The van der Waals surface area contributed by atoms with Gasteiger partial charge in [-0.1, -0.05) is 13.8 Å². The second-order valence-electron chi connectivity index (χ2n) is 5.64. The van der Waals surface area contributed by atoms with Crippen LogP contribution in [-0.2, 0) is 6.54 Å². The van der Waals surface area contributed by atoms with Gasteiger partial charge in [-0.15, -0.1) is 0 Å². The zero-order chi connectivity index (χ0) is 13.3. The highest BCUT2D eigenvalue weighted by Crippen LogP contribution is 2.24. The zero-order valence-corrected chi connectivity index (χ0v) is 11.3. The van der Waals surface area contributed by atoms with Crippen molar-refractivity contribution in [2.24, 2.45) is 11.8 Å². The third-order valence-corrected chi connectivity index (χ3v) is 3.57. The van der Waals surface area contributed by atoms with Gasteiger partial charge in [-0.3, -0.25) is 4.90 Å². The number of carbonyl (C=O) groups is 1. The van der Waals surface area contributed by atoms with Crippen LogP contribution in [0.1, 0.15) is 42.1 Å². The second-order valence-corrected chi connectivity index (χ2v) is 5.64. The molecule has 2 heterocycles. The first-order chi connectivity index (χ1) is 8.45. The summed E-state index contributed by atoms with van der Waals surface area (Å²) in [4.78, 5) is 13.2. The minimum Gasteiger partial charge on any atom is -0.475 e. The van der Waals surface area contributed by atoms with Crippen molar-refractivity contribution in [2.45, 2.75) is 33.7 Å². The maximum absolute atomic E-state index is 10.9. The molecule has 0 spiro atoms. The van der Waals surface area contributed by atoms with Gasteiger partial charge in [0.25, 0.3) is 0 Å². The number of piperidine rings is 1. The van der Waals surface area contributed by atoms with Gasteiger partial charge >= 0.3 is 5.97 Å². The fraction of sp³-hybridized carbons (Fsp3) is 0.643. The Morgan fingerprint density at radius 3 is 2.56 bits per heavy atom. The Bertz CT molecular complexity index is 428. The number of aryl methyl sites for hydroxylation is 1. The highest BCUT2D eigenvalue weighted by atomic mass is 16.4. The lowest BCUT2D eigenvalue weighted by Crippen LogP contribution is -2.38. The molecule has 4 nitrogen and oxygen atoms in total. The third-order valence-electron chi connectivity index (χ3n) is 3.57. The Balaban J connectivity index is 2.06. The van der Waals surface area contributed by atoms with Crippen molar-refractivity contribution in [3.8, 4) is 0 Å². The van der Waals surface area contributed by atoms with Crippen LogP contribution in [0.15, 0.2) is 10.5 Å². The Morgan fingerprint density at radius 1 is 1.44 bits per heavy atom. The van der Waals surface area contributed by atoms with Crippen molar-refractivity contribution in [3.63, 3.8) is 0 Å². The van der Waals surface area contributed by atoms with Gasteiger partial charge in [0, 0.05) is 25.2 Å². The molecule has 0 amide bonds. The molecule has 0 radical (unpaired) electrons. The van der Waals surface area contributed by atoms with E-state index in [1.165, 1.54) is 6.42 Å². The van der Waals surface area contributed by atoms with E-state index in [1.54, 1.807) is 6.07 Å². The molecule has 2 unspecified atom stereocenters. The molecule has 0 aromatic carbocycles. The molecular formula is C14H21NO3. The number of aromatic carboxylic acids is 1. The fourth-order valence-electron chi connectivity index (χ4n) is 2.94. The van der Waals surface area contributed by atoms with Gasteiger partial charge in [-0.2, -0.15) is 0 Å². The predicted molar refractivity (Wildman–Crippen MR) is 68.6 cm³/mol. The SMILES string of the molecule is Cc1oc(C(=O)O)cc1CN1CC(C)CC(C)C1. The number of furan rings is 1. The van der Waals surface area contributed by atoms with Gasteiger partial charge in [0.15, 0.2) is 0 Å². The zero-order valence-electron chi connectivity index (χ0n) is 11.3. The molecule has 1 aliphatic rings. The normalized spacial score (nSPS) is 25.3. The number of hydrogen-bond acceptors (Lipinski definition) is 3. The van der Waals surface area contributed by atoms with Crippen molar-refractivity contribution in [3.05, 3.63) is 23.2 Å². The smallest absolute Gasteiger partial charge is 0.371 e. The summed E-state index contributed by atoms with van der Waals surface area (Å²) in [5.74, 6) is 1.18. The standard InChI is InChI=1S/C14H21NO3/c1-9-4-10(2)7-15(6-9)8-12-5-13(14(16)17)18-11(12)3/h5,9-10H,4,6-8H2,1-3H3,(H,16,17). The minimum atomic E-state index is -0.996. The fourth-order valence-corrected chi connectivity index (χ4v) is 2.94. The van der Waals surface area contributed by atoms with Crippen LogP contribution in [0.4, 0.5) is 0 Å². The topological polar surface area (TPSA) is 53.7 Å². The summed E-state index contributed by atoms with van der Waals surface area (Å²) in [5.41, 5.74) is 0.994. The Kier molecular flexibility index (Phi) is 3.76. The lowest BCUT2D eigenvalue weighted by Gasteiger charge is -2.34. The average molecular weight is 251 g/mol. The summed E-state index contributed by atoms with van der Waals surface area (Å²) in [5, 5.41) is 8.91. The highest BCUT2D eigenvalue weighted by molar-refractivity contribution is 5.84. The molecule has 1 fully saturated rings. The largest absolute Gasteiger partial charge is 0.475 e. The minimum absolute atomic E-state index is 0.0422. The summed E-state index contributed by atoms with van der Waals surface area (Å²) in [6.45, 7) is 9.33. The number of carboxylic acid groups (broad SMARTS) is 1. The van der Waals surface area contributed by atoms with Crippen LogP contribution >= 0.6 is 0 Å². The van der Waals surface area contributed by atoms with E-state index in [2.05, 4.69) is 18.7 Å². The maximum atomic E-state index is 10.9. The van der Waals surface area contributed by atoms with E-state index in [1.807, 2.05) is 6.92 Å². The van der Waals surface area contributed by atoms with E-state index in [4.69, 9.17) is 9.52 Å². The molecule has 1 N–H and O–H groups in total. The number of nitrogens with zero attached hydrogens (tertiary/aromatic N) is 1. The first-order valence-corrected chi connectivity index (χ1v) is 6.50. The molecule has 1 aliphatic heterocycles. The quantitative estimate of drug-likeness (QED) is 0.897. The lowest BCUT2D eigenvalue weighted by atomic mass is 9.91. The van der Waals surface area contributed by atoms with Crippen LogP contribution in [0, 0.1) is 18.8 Å². The van der Waals surface area contributed by atoms with Gasteiger partial charge in [0.2, 0.25) is 5.76 Å². The molecular weight excluding hydrogens is 230 g/mol. The van der Waals surface area contributed by atoms with Crippen LogP contribution in [0.5, 0.6) is 0 Å². The second kappa shape index (κ2) is 5.14. The Labute approximate surface area is 108 Å². The monoisotopic (exact) mass is 251 g/mol. The Hall–Kier alpha value is -1.29. The molecule has 1 aromatic heterocycles.